The van der Waals surface area contributed by atoms with Gasteiger partial charge in [-0.25, -0.2) is 4.79 Å². The number of halogens is 1. The molecule has 0 spiro atoms. The molecule has 21 heavy (non-hydrogen) atoms. The molecule has 11 heteroatoms. The Bertz CT molecular complexity index is 872. The van der Waals surface area contributed by atoms with Crippen molar-refractivity contribution in [3.8, 4) is 11.7 Å². The van der Waals surface area contributed by atoms with Gasteiger partial charge < -0.3 is 4.74 Å². The van der Waals surface area contributed by atoms with E-state index >= 15 is 0 Å². The van der Waals surface area contributed by atoms with Crippen LogP contribution in [0.25, 0.3) is 5.82 Å². The molecule has 0 bridgehead atoms. The zero-order valence-corrected chi connectivity index (χ0v) is 12.9. The molecule has 3 rings (SSSR count). The minimum Gasteiger partial charge on any atom is -0.472 e. The highest BCUT2D eigenvalue weighted by Crippen LogP contribution is 2.18. The molecule has 0 radical (unpaired) electrons. The lowest BCUT2D eigenvalue weighted by molar-refractivity contribution is 0.291. The lowest BCUT2D eigenvalue weighted by Crippen LogP contribution is -2.24. The monoisotopic (exact) mass is 402 g/mol. The van der Waals surface area contributed by atoms with E-state index in [2.05, 4.69) is 48.3 Å². The molecule has 0 saturated heterocycles. The van der Waals surface area contributed by atoms with E-state index < -0.39 is 5.69 Å². The van der Waals surface area contributed by atoms with Gasteiger partial charge in [0.2, 0.25) is 5.88 Å². The fraction of sp³-hybridized carbons (Fsp3) is 0.200. The topological polar surface area (TPSA) is 116 Å². The van der Waals surface area contributed by atoms with Crippen molar-refractivity contribution in [1.82, 2.24) is 40.2 Å². The number of rotatable bonds is 4. The molecule has 0 aliphatic carbocycles. The summed E-state index contributed by atoms with van der Waals surface area (Å²) in [7, 11) is 1.49. The number of tetrazole rings is 1. The van der Waals surface area contributed by atoms with Gasteiger partial charge >= 0.3 is 5.69 Å². The predicted octanol–water partition coefficient (Wildman–Crippen LogP) is -0.337. The Morgan fingerprint density at radius 3 is 3.05 bits per heavy atom. The predicted molar refractivity (Wildman–Crippen MR) is 77.8 cm³/mol. The van der Waals surface area contributed by atoms with Crippen LogP contribution in [-0.4, -0.2) is 40.2 Å². The van der Waals surface area contributed by atoms with E-state index in [9.17, 15) is 4.79 Å². The Kier molecular flexibility index (Phi) is 3.31. The second kappa shape index (κ2) is 5.59. The first-order chi connectivity index (χ1) is 10.6. The molecular weight excluding hydrogens is 391 g/mol. The molecule has 3 aromatic heterocycles. The van der Waals surface area contributed by atoms with Crippen LogP contribution in [0.5, 0.6) is 5.88 Å². The van der Waals surface area contributed by atoms with Crippen LogP contribution < -0.4 is 10.4 Å². The van der Waals surface area contributed by atoms with E-state index in [0.717, 1.165) is 18.0 Å². The molecule has 1 N–H and O–H groups in total. The van der Waals surface area contributed by atoms with Crippen molar-refractivity contribution in [1.29, 1.82) is 0 Å². The van der Waals surface area contributed by atoms with Crippen LogP contribution in [-0.2, 0) is 13.7 Å². The Morgan fingerprint density at radius 2 is 2.38 bits per heavy atom. The van der Waals surface area contributed by atoms with Crippen molar-refractivity contribution >= 4 is 22.6 Å². The number of nitrogens with one attached hydrogen (secondary N) is 1. The fourth-order valence-electron chi connectivity index (χ4n) is 1.57. The van der Waals surface area contributed by atoms with Gasteiger partial charge in [0.05, 0.1) is 11.8 Å². The van der Waals surface area contributed by atoms with E-state index in [4.69, 9.17) is 6.15 Å². The largest absolute Gasteiger partial charge is 0.472 e. The second-order valence-electron chi connectivity index (χ2n) is 3.95. The first kappa shape index (κ1) is 12.4. The number of aromatic nitrogens is 8. The summed E-state index contributed by atoms with van der Waals surface area (Å²) >= 11 is 2.06. The molecule has 0 saturated carbocycles. The number of aryl methyl sites for hydroxylation is 1. The van der Waals surface area contributed by atoms with Gasteiger partial charge in [-0.2, -0.15) is 9.78 Å². The van der Waals surface area contributed by atoms with Crippen LogP contribution in [0.15, 0.2) is 23.3 Å². The van der Waals surface area contributed by atoms with Gasteiger partial charge in [-0.15, -0.1) is 14.9 Å². The Labute approximate surface area is 132 Å². The highest BCUT2D eigenvalue weighted by atomic mass is 127. The van der Waals surface area contributed by atoms with Gasteiger partial charge in [-0.3, -0.25) is 5.09 Å². The summed E-state index contributed by atoms with van der Waals surface area (Å²) in [5.41, 5.74) is 0.186. The molecule has 10 nitrogen and oxygen atoms in total. The van der Waals surface area contributed by atoms with E-state index in [1.807, 2.05) is 0 Å². The molecule has 108 valence electrons. The summed E-state index contributed by atoms with van der Waals surface area (Å²) in [5, 5.41) is 19.9. The number of nitrogens with zero attached hydrogens (tertiary/aromatic N) is 7. The maximum absolute atomic E-state index is 12.0. The fourth-order valence-corrected chi connectivity index (χ4v) is 2.09. The van der Waals surface area contributed by atoms with Gasteiger partial charge in [0, 0.05) is 22.9 Å². The number of ether oxygens (including phenoxy) is 1. The standard InChI is InChI=1S/C10H9IN8O2/c1-18-10(20)19(17-16-18)9-6(7(11)4-13-15-9)5-21-8-2-3-12-14-8/h2-4H,5H2,1H3,(H,12,14)/i/hT. The molecule has 0 atom stereocenters. The van der Waals surface area contributed by atoms with Crippen LogP contribution in [0.1, 0.15) is 5.56 Å². The summed E-state index contributed by atoms with van der Waals surface area (Å²) in [5.74, 6) is 0.537. The first-order valence-corrected chi connectivity index (χ1v) is 6.81. The Hall–Kier alpha value is -2.31. The van der Waals surface area contributed by atoms with E-state index in [0.29, 0.717) is 11.4 Å². The van der Waals surface area contributed by atoms with Crippen LogP contribution in [0.4, 0.5) is 0 Å². The van der Waals surface area contributed by atoms with Crippen LogP contribution >= 0.6 is 22.6 Å². The molecule has 0 unspecified atom stereocenters. The van der Waals surface area contributed by atoms with Gasteiger partial charge in [0.15, 0.2) is 7.23 Å². The molecule has 0 fully saturated rings. The zero-order valence-electron chi connectivity index (χ0n) is 11.7. The van der Waals surface area contributed by atoms with Gasteiger partial charge in [0.1, 0.15) is 6.61 Å². The molecule has 0 aliphatic rings. The highest BCUT2D eigenvalue weighted by Gasteiger charge is 2.16. The normalized spacial score (nSPS) is 11.4. The summed E-state index contributed by atoms with van der Waals surface area (Å²) < 4.78 is 15.7. The summed E-state index contributed by atoms with van der Waals surface area (Å²) in [6.45, 7) is 0.100. The van der Waals surface area contributed by atoms with Crippen molar-refractivity contribution < 1.29 is 6.15 Å². The summed E-state index contributed by atoms with van der Waals surface area (Å²) in [6.07, 6.45) is 2.99. The van der Waals surface area contributed by atoms with Crippen molar-refractivity contribution in [3.05, 3.63) is 38.1 Å². The average molecular weight is 402 g/mol. The quantitative estimate of drug-likeness (QED) is 0.594. The molecule has 3 heterocycles. The van der Waals surface area contributed by atoms with Gasteiger partial charge in [-0.1, -0.05) is 0 Å². The first-order valence-electron chi connectivity index (χ1n) is 6.18. The Morgan fingerprint density at radius 1 is 1.52 bits per heavy atom. The summed E-state index contributed by atoms with van der Waals surface area (Å²) in [6, 6.07) is 1.56. The smallest absolute Gasteiger partial charge is 0.369 e. The molecule has 0 aliphatic heterocycles. The molecular formula is C10H9IN8O2. The molecule has 0 amide bonds. The third kappa shape index (κ3) is 2.63. The number of aromatic amines is 1. The average Bonchev–Trinajstić information content (AvgIpc) is 3.05. The molecule has 0 aromatic carbocycles. The van der Waals surface area contributed by atoms with Gasteiger partial charge in [-0.05, 0) is 33.0 Å². The van der Waals surface area contributed by atoms with Crippen molar-refractivity contribution in [3.63, 3.8) is 0 Å². The maximum Gasteiger partial charge on any atom is 0.369 e. The second-order valence-corrected chi connectivity index (χ2v) is 5.11. The van der Waals surface area contributed by atoms with Crippen LogP contribution in [0.3, 0.4) is 0 Å². The lowest BCUT2D eigenvalue weighted by Gasteiger charge is -2.08. The minimum atomic E-state index is -0.437. The van der Waals surface area contributed by atoms with Crippen LogP contribution in [0, 0.1) is 3.57 Å². The van der Waals surface area contributed by atoms with E-state index in [1.165, 1.54) is 13.2 Å². The van der Waals surface area contributed by atoms with Crippen molar-refractivity contribution in [2.75, 3.05) is 0 Å². The molecule has 3 aromatic rings. The van der Waals surface area contributed by atoms with Gasteiger partial charge in [0.25, 0.3) is 0 Å². The van der Waals surface area contributed by atoms with Crippen LogP contribution in [0.2, 0.25) is 1.41 Å². The minimum absolute atomic E-state index is 0.100. The third-order valence-electron chi connectivity index (χ3n) is 2.61. The van der Waals surface area contributed by atoms with Crippen molar-refractivity contribution in [2.45, 2.75) is 6.61 Å². The van der Waals surface area contributed by atoms with Crippen molar-refractivity contribution in [2.24, 2.45) is 7.05 Å². The van der Waals surface area contributed by atoms with E-state index in [-0.39, 0.29) is 12.4 Å². The number of hydrogen-bond acceptors (Lipinski definition) is 7. The number of H-pyrrole nitrogens is 1. The maximum atomic E-state index is 12.0. The summed E-state index contributed by atoms with van der Waals surface area (Å²) in [4.78, 5) is 12.0. The number of hydrogen-bond donors (Lipinski definition) is 1. The Balaban J connectivity index is 1.96. The lowest BCUT2D eigenvalue weighted by atomic mass is 10.3. The SMILES string of the molecule is [3H]n1ccc(OCc2c(I)cnnc2-n2nnn(C)c2=O)n1. The third-order valence-corrected chi connectivity index (χ3v) is 3.54. The highest BCUT2D eigenvalue weighted by molar-refractivity contribution is 14.1. The van der Waals surface area contributed by atoms with E-state index in [1.54, 1.807) is 12.3 Å². The zero-order chi connectivity index (χ0) is 15.7.